The van der Waals surface area contributed by atoms with Crippen molar-refractivity contribution in [3.8, 4) is 5.75 Å². The number of benzene rings is 2. The van der Waals surface area contributed by atoms with Gasteiger partial charge in [0.2, 0.25) is 0 Å². The summed E-state index contributed by atoms with van der Waals surface area (Å²) in [6.07, 6.45) is 0. The molecule has 4 nitrogen and oxygen atoms in total. The van der Waals surface area contributed by atoms with E-state index in [2.05, 4.69) is 27.9 Å². The first-order valence-corrected chi connectivity index (χ1v) is 6.89. The summed E-state index contributed by atoms with van der Waals surface area (Å²) in [5.74, 6) is -2.36. The van der Waals surface area contributed by atoms with Crippen LogP contribution in [0, 0.1) is 9.39 Å². The average molecular weight is 407 g/mol. The Balaban J connectivity index is 2.52. The highest BCUT2D eigenvalue weighted by molar-refractivity contribution is 14.1. The predicted molar refractivity (Wildman–Crippen MR) is 84.0 cm³/mol. The lowest BCUT2D eigenvalue weighted by Crippen LogP contribution is -2.14. The van der Waals surface area contributed by atoms with Crippen LogP contribution in [0.5, 0.6) is 5.75 Å². The molecule has 0 bridgehead atoms. The van der Waals surface area contributed by atoms with Crippen molar-refractivity contribution in [3.05, 3.63) is 50.3 Å². The maximum atomic E-state index is 14.0. The number of hydrogen-bond donors (Lipinski definition) is 3. The van der Waals surface area contributed by atoms with Gasteiger partial charge < -0.3 is 16.2 Å². The fourth-order valence-electron chi connectivity index (χ4n) is 1.62. The topological polar surface area (TPSA) is 75.4 Å². The number of primary amides is 1. The van der Waals surface area contributed by atoms with Crippen LogP contribution in [0.2, 0.25) is 5.02 Å². The van der Waals surface area contributed by atoms with Gasteiger partial charge in [0.25, 0.3) is 5.91 Å². The SMILES string of the molecule is NC(=O)c1ccc(O)c(F)c1Nc1ccc(I)cc1Cl. The first-order valence-electron chi connectivity index (χ1n) is 5.43. The second-order valence-electron chi connectivity index (χ2n) is 3.93. The number of phenols is 1. The Morgan fingerprint density at radius 1 is 1.35 bits per heavy atom. The van der Waals surface area contributed by atoms with Crippen LogP contribution in [0.1, 0.15) is 10.4 Å². The van der Waals surface area contributed by atoms with Crippen LogP contribution < -0.4 is 11.1 Å². The van der Waals surface area contributed by atoms with Gasteiger partial charge in [0.15, 0.2) is 11.6 Å². The maximum Gasteiger partial charge on any atom is 0.250 e. The van der Waals surface area contributed by atoms with Gasteiger partial charge >= 0.3 is 0 Å². The van der Waals surface area contributed by atoms with Crippen LogP contribution in [0.4, 0.5) is 15.8 Å². The number of aromatic hydroxyl groups is 1. The molecule has 0 aliphatic carbocycles. The molecular weight excluding hydrogens is 398 g/mol. The number of hydrogen-bond acceptors (Lipinski definition) is 3. The summed E-state index contributed by atoms with van der Waals surface area (Å²) in [5, 5.41) is 12.4. The Morgan fingerprint density at radius 2 is 2.05 bits per heavy atom. The molecule has 0 spiro atoms. The Hall–Kier alpha value is -1.54. The van der Waals surface area contributed by atoms with Crippen molar-refractivity contribution in [2.75, 3.05) is 5.32 Å². The number of nitrogens with one attached hydrogen (secondary N) is 1. The van der Waals surface area contributed by atoms with Gasteiger partial charge in [-0.3, -0.25) is 4.79 Å². The molecule has 1 amide bonds. The van der Waals surface area contributed by atoms with E-state index in [4.69, 9.17) is 17.3 Å². The quantitative estimate of drug-likeness (QED) is 0.682. The Morgan fingerprint density at radius 3 is 2.65 bits per heavy atom. The molecule has 2 aromatic carbocycles. The summed E-state index contributed by atoms with van der Waals surface area (Å²) < 4.78 is 14.9. The standard InChI is InChI=1S/C13H9ClFIN2O2/c14-8-5-6(16)1-3-9(8)18-12-7(13(17)20)2-4-10(19)11(12)15/h1-5,18-19H,(H2,17,20). The summed E-state index contributed by atoms with van der Waals surface area (Å²) in [6.45, 7) is 0. The van der Waals surface area contributed by atoms with Crippen molar-refractivity contribution in [2.45, 2.75) is 0 Å². The first-order chi connectivity index (χ1) is 9.40. The lowest BCUT2D eigenvalue weighted by molar-refractivity contribution is 0.100. The number of halogens is 3. The van der Waals surface area contributed by atoms with Crippen molar-refractivity contribution in [1.29, 1.82) is 0 Å². The molecule has 0 saturated heterocycles. The lowest BCUT2D eigenvalue weighted by Gasteiger charge is -2.13. The molecule has 0 aliphatic rings. The highest BCUT2D eigenvalue weighted by atomic mass is 127. The number of carbonyl (C=O) groups excluding carboxylic acids is 1. The Kier molecular flexibility index (Phi) is 4.34. The minimum absolute atomic E-state index is 0.0742. The predicted octanol–water partition coefficient (Wildman–Crippen LogP) is 3.63. The maximum absolute atomic E-state index is 14.0. The Labute approximate surface area is 132 Å². The fraction of sp³-hybridized carbons (Fsp3) is 0. The minimum Gasteiger partial charge on any atom is -0.505 e. The van der Waals surface area contributed by atoms with Crippen molar-refractivity contribution in [3.63, 3.8) is 0 Å². The summed E-state index contributed by atoms with van der Waals surface area (Å²) in [7, 11) is 0. The van der Waals surface area contributed by atoms with E-state index in [1.165, 1.54) is 6.07 Å². The van der Waals surface area contributed by atoms with Crippen LogP contribution in [0.3, 0.4) is 0 Å². The van der Waals surface area contributed by atoms with E-state index in [1.807, 2.05) is 0 Å². The second kappa shape index (κ2) is 5.84. The van der Waals surface area contributed by atoms with Gasteiger partial charge in [-0.05, 0) is 52.9 Å². The lowest BCUT2D eigenvalue weighted by atomic mass is 10.1. The summed E-state index contributed by atoms with van der Waals surface area (Å²) in [6, 6.07) is 7.38. The van der Waals surface area contributed by atoms with Gasteiger partial charge in [0, 0.05) is 3.57 Å². The summed E-state index contributed by atoms with van der Waals surface area (Å²) >= 11 is 8.12. The largest absolute Gasteiger partial charge is 0.505 e. The third-order valence-electron chi connectivity index (χ3n) is 2.58. The van der Waals surface area contributed by atoms with Crippen molar-refractivity contribution >= 4 is 51.5 Å². The van der Waals surface area contributed by atoms with E-state index in [0.29, 0.717) is 10.7 Å². The molecule has 0 saturated carbocycles. The normalized spacial score (nSPS) is 10.3. The molecule has 104 valence electrons. The summed E-state index contributed by atoms with van der Waals surface area (Å²) in [4.78, 5) is 11.3. The molecule has 4 N–H and O–H groups in total. The summed E-state index contributed by atoms with van der Waals surface area (Å²) in [5.41, 5.74) is 5.31. The molecule has 2 aromatic rings. The van der Waals surface area contributed by atoms with Gasteiger partial charge in [-0.1, -0.05) is 11.6 Å². The van der Waals surface area contributed by atoms with Gasteiger partial charge in [0.05, 0.1) is 22.0 Å². The number of rotatable bonds is 3. The van der Waals surface area contributed by atoms with Crippen molar-refractivity contribution in [1.82, 2.24) is 0 Å². The molecule has 0 unspecified atom stereocenters. The van der Waals surface area contributed by atoms with E-state index in [-0.39, 0.29) is 11.3 Å². The van der Waals surface area contributed by atoms with Gasteiger partial charge in [-0.2, -0.15) is 0 Å². The van der Waals surface area contributed by atoms with Crippen LogP contribution in [-0.4, -0.2) is 11.0 Å². The fourth-order valence-corrected chi connectivity index (χ4v) is 2.52. The highest BCUT2D eigenvalue weighted by Crippen LogP contribution is 2.33. The zero-order valence-corrected chi connectivity index (χ0v) is 12.9. The molecule has 0 heterocycles. The smallest absolute Gasteiger partial charge is 0.250 e. The molecular formula is C13H9ClFIN2O2. The minimum atomic E-state index is -0.962. The zero-order chi connectivity index (χ0) is 14.9. The van der Waals surface area contributed by atoms with Crippen LogP contribution in [0.25, 0.3) is 0 Å². The van der Waals surface area contributed by atoms with E-state index in [1.54, 1.807) is 18.2 Å². The molecule has 0 aromatic heterocycles. The van der Waals surface area contributed by atoms with Gasteiger partial charge in [-0.25, -0.2) is 4.39 Å². The average Bonchev–Trinajstić information content (AvgIpc) is 2.37. The highest BCUT2D eigenvalue weighted by Gasteiger charge is 2.17. The first kappa shape index (κ1) is 14.9. The molecule has 7 heteroatoms. The zero-order valence-electron chi connectivity index (χ0n) is 9.95. The third kappa shape index (κ3) is 2.96. The molecule has 0 fully saturated rings. The van der Waals surface area contributed by atoms with Gasteiger partial charge in [-0.15, -0.1) is 0 Å². The van der Waals surface area contributed by atoms with Gasteiger partial charge in [0.1, 0.15) is 0 Å². The van der Waals surface area contributed by atoms with Crippen molar-refractivity contribution < 1.29 is 14.3 Å². The molecule has 2 rings (SSSR count). The number of nitrogens with two attached hydrogens (primary N) is 1. The van der Waals surface area contributed by atoms with Crippen LogP contribution in [0.15, 0.2) is 30.3 Å². The number of phenolic OH excluding ortho intramolecular Hbond substituents is 1. The molecule has 0 radical (unpaired) electrons. The van der Waals surface area contributed by atoms with E-state index >= 15 is 0 Å². The van der Waals surface area contributed by atoms with Crippen LogP contribution >= 0.6 is 34.2 Å². The molecule has 0 aliphatic heterocycles. The van der Waals surface area contributed by atoms with E-state index in [9.17, 15) is 14.3 Å². The number of amides is 1. The number of carbonyl (C=O) groups is 1. The van der Waals surface area contributed by atoms with Crippen LogP contribution in [-0.2, 0) is 0 Å². The van der Waals surface area contributed by atoms with E-state index in [0.717, 1.165) is 9.64 Å². The molecule has 20 heavy (non-hydrogen) atoms. The van der Waals surface area contributed by atoms with Crippen molar-refractivity contribution in [2.24, 2.45) is 5.73 Å². The third-order valence-corrected chi connectivity index (χ3v) is 3.56. The second-order valence-corrected chi connectivity index (χ2v) is 5.59. The monoisotopic (exact) mass is 406 g/mol. The Bertz CT molecular complexity index is 694. The number of anilines is 2. The molecule has 0 atom stereocenters. The van der Waals surface area contributed by atoms with E-state index < -0.39 is 17.5 Å².